The smallest absolute Gasteiger partial charge is 0.142 e. The van der Waals surface area contributed by atoms with Gasteiger partial charge in [-0.3, -0.25) is 0 Å². The Balaban J connectivity index is 2.15. The van der Waals surface area contributed by atoms with Gasteiger partial charge in [-0.1, -0.05) is 44.0 Å². The minimum Gasteiger partial charge on any atom is -0.358 e. The van der Waals surface area contributed by atoms with E-state index in [0.717, 1.165) is 18.5 Å². The first-order valence-corrected chi connectivity index (χ1v) is 6.29. The summed E-state index contributed by atoms with van der Waals surface area (Å²) < 4.78 is 0. The van der Waals surface area contributed by atoms with Crippen molar-refractivity contribution in [2.45, 2.75) is 32.2 Å². The van der Waals surface area contributed by atoms with E-state index < -0.39 is 0 Å². The van der Waals surface area contributed by atoms with Gasteiger partial charge in [0.15, 0.2) is 0 Å². The molecule has 0 bridgehead atoms. The zero-order valence-corrected chi connectivity index (χ0v) is 10.3. The Bertz CT molecular complexity index is 442. The van der Waals surface area contributed by atoms with Gasteiger partial charge >= 0.3 is 0 Å². The number of benzene rings is 1. The maximum atomic E-state index is 9.34. The van der Waals surface area contributed by atoms with E-state index in [9.17, 15) is 5.26 Å². The highest BCUT2D eigenvalue weighted by atomic mass is 15.1. The standard InChI is InChI=1S/C15H18N2/c1-2-3-6-10-17-11-9-13-7-4-5-8-14(13)15(17)12-16/h4-5,7-9,11,15H,2-3,6,10H2,1H3. The lowest BCUT2D eigenvalue weighted by Gasteiger charge is -2.30. The molecule has 1 atom stereocenters. The second-order valence-corrected chi connectivity index (χ2v) is 4.42. The van der Waals surface area contributed by atoms with Gasteiger partial charge in [0.2, 0.25) is 0 Å². The Hall–Kier alpha value is -1.75. The Morgan fingerprint density at radius 2 is 2.12 bits per heavy atom. The fraction of sp³-hybridized carbons (Fsp3) is 0.400. The first kappa shape index (κ1) is 11.7. The Morgan fingerprint density at radius 3 is 2.88 bits per heavy atom. The Labute approximate surface area is 103 Å². The average molecular weight is 226 g/mol. The number of unbranched alkanes of at least 4 members (excludes halogenated alkanes) is 2. The van der Waals surface area contributed by atoms with Gasteiger partial charge in [-0.25, -0.2) is 0 Å². The van der Waals surface area contributed by atoms with E-state index in [4.69, 9.17) is 0 Å². The molecule has 2 heteroatoms. The molecule has 2 rings (SSSR count). The van der Waals surface area contributed by atoms with Gasteiger partial charge in [0.05, 0.1) is 6.07 Å². The van der Waals surface area contributed by atoms with E-state index in [2.05, 4.69) is 42.3 Å². The molecule has 0 radical (unpaired) electrons. The van der Waals surface area contributed by atoms with Crippen LogP contribution in [0.5, 0.6) is 0 Å². The van der Waals surface area contributed by atoms with E-state index in [1.54, 1.807) is 0 Å². The number of nitriles is 1. The fourth-order valence-electron chi connectivity index (χ4n) is 2.24. The summed E-state index contributed by atoms with van der Waals surface area (Å²) in [4.78, 5) is 2.15. The van der Waals surface area contributed by atoms with Crippen molar-refractivity contribution in [1.82, 2.24) is 4.90 Å². The van der Waals surface area contributed by atoms with Crippen molar-refractivity contribution in [3.05, 3.63) is 41.6 Å². The van der Waals surface area contributed by atoms with E-state index in [0.29, 0.717) is 0 Å². The van der Waals surface area contributed by atoms with Crippen molar-refractivity contribution < 1.29 is 0 Å². The van der Waals surface area contributed by atoms with E-state index in [1.807, 2.05) is 12.1 Å². The summed E-state index contributed by atoms with van der Waals surface area (Å²) >= 11 is 0. The van der Waals surface area contributed by atoms with Crippen LogP contribution in [-0.2, 0) is 0 Å². The molecule has 1 heterocycles. The van der Waals surface area contributed by atoms with Gasteiger partial charge in [-0.05, 0) is 23.6 Å². The van der Waals surface area contributed by atoms with Crippen LogP contribution in [-0.4, -0.2) is 11.4 Å². The van der Waals surface area contributed by atoms with Crippen LogP contribution < -0.4 is 0 Å². The molecule has 1 aromatic rings. The van der Waals surface area contributed by atoms with E-state index in [1.165, 1.54) is 18.4 Å². The van der Waals surface area contributed by atoms with E-state index in [-0.39, 0.29) is 6.04 Å². The van der Waals surface area contributed by atoms with Crippen molar-refractivity contribution in [3.63, 3.8) is 0 Å². The molecule has 0 spiro atoms. The first-order valence-electron chi connectivity index (χ1n) is 6.29. The molecular weight excluding hydrogens is 208 g/mol. The summed E-state index contributed by atoms with van der Waals surface area (Å²) in [6, 6.07) is 10.4. The largest absolute Gasteiger partial charge is 0.358 e. The average Bonchev–Trinajstić information content (AvgIpc) is 2.38. The number of rotatable bonds is 4. The number of nitrogens with zero attached hydrogens (tertiary/aromatic N) is 2. The molecule has 0 aromatic heterocycles. The van der Waals surface area contributed by atoms with Crippen LogP contribution in [0.25, 0.3) is 6.08 Å². The quantitative estimate of drug-likeness (QED) is 0.731. The maximum Gasteiger partial charge on any atom is 0.142 e. The summed E-state index contributed by atoms with van der Waals surface area (Å²) in [5, 5.41) is 9.34. The maximum absolute atomic E-state index is 9.34. The second-order valence-electron chi connectivity index (χ2n) is 4.42. The SMILES string of the molecule is CCCCCN1C=Cc2ccccc2C1C#N. The number of fused-ring (bicyclic) bond motifs is 1. The van der Waals surface area contributed by atoms with Crippen LogP contribution in [0.3, 0.4) is 0 Å². The summed E-state index contributed by atoms with van der Waals surface area (Å²) in [6.07, 6.45) is 7.76. The minimum absolute atomic E-state index is 0.118. The first-order chi connectivity index (χ1) is 8.36. The Kier molecular flexibility index (Phi) is 3.82. The van der Waals surface area contributed by atoms with Crippen molar-refractivity contribution in [2.75, 3.05) is 6.54 Å². The predicted molar refractivity (Wildman–Crippen MR) is 70.1 cm³/mol. The van der Waals surface area contributed by atoms with Crippen LogP contribution in [0.15, 0.2) is 30.5 Å². The molecule has 0 aliphatic carbocycles. The monoisotopic (exact) mass is 226 g/mol. The molecular formula is C15H18N2. The summed E-state index contributed by atoms with van der Waals surface area (Å²) in [7, 11) is 0. The van der Waals surface area contributed by atoms with Crippen LogP contribution in [0.4, 0.5) is 0 Å². The molecule has 0 N–H and O–H groups in total. The lowest BCUT2D eigenvalue weighted by atomic mass is 9.97. The van der Waals surface area contributed by atoms with Gasteiger partial charge in [-0.2, -0.15) is 5.26 Å². The van der Waals surface area contributed by atoms with E-state index >= 15 is 0 Å². The highest BCUT2D eigenvalue weighted by Crippen LogP contribution is 2.29. The zero-order chi connectivity index (χ0) is 12.1. The summed E-state index contributed by atoms with van der Waals surface area (Å²) in [5.74, 6) is 0. The summed E-state index contributed by atoms with van der Waals surface area (Å²) in [5.41, 5.74) is 2.31. The van der Waals surface area contributed by atoms with Gasteiger partial charge in [0, 0.05) is 12.7 Å². The lowest BCUT2D eigenvalue weighted by Crippen LogP contribution is -2.26. The van der Waals surface area contributed by atoms with Crippen molar-refractivity contribution >= 4 is 6.08 Å². The molecule has 17 heavy (non-hydrogen) atoms. The molecule has 2 nitrogen and oxygen atoms in total. The van der Waals surface area contributed by atoms with Gasteiger partial charge in [0.1, 0.15) is 6.04 Å². The third-order valence-corrected chi connectivity index (χ3v) is 3.21. The molecule has 1 aromatic carbocycles. The summed E-state index contributed by atoms with van der Waals surface area (Å²) in [6.45, 7) is 3.17. The third kappa shape index (κ3) is 2.50. The molecule has 0 amide bonds. The molecule has 0 saturated heterocycles. The number of hydrogen-bond acceptors (Lipinski definition) is 2. The van der Waals surface area contributed by atoms with Crippen LogP contribution in [0.1, 0.15) is 43.4 Å². The second kappa shape index (κ2) is 5.54. The minimum atomic E-state index is -0.118. The Morgan fingerprint density at radius 1 is 1.29 bits per heavy atom. The van der Waals surface area contributed by atoms with Crippen LogP contribution in [0.2, 0.25) is 0 Å². The molecule has 88 valence electrons. The molecule has 1 aliphatic rings. The van der Waals surface area contributed by atoms with Gasteiger partial charge in [-0.15, -0.1) is 0 Å². The fourth-order valence-corrected chi connectivity index (χ4v) is 2.24. The lowest BCUT2D eigenvalue weighted by molar-refractivity contribution is 0.320. The normalized spacial score (nSPS) is 17.6. The highest BCUT2D eigenvalue weighted by molar-refractivity contribution is 5.58. The molecule has 0 fully saturated rings. The number of hydrogen-bond donors (Lipinski definition) is 0. The van der Waals surface area contributed by atoms with Crippen molar-refractivity contribution in [1.29, 1.82) is 5.26 Å². The van der Waals surface area contributed by atoms with Crippen molar-refractivity contribution in [3.8, 4) is 6.07 Å². The van der Waals surface area contributed by atoms with Crippen LogP contribution in [0, 0.1) is 11.3 Å². The molecule has 0 saturated carbocycles. The zero-order valence-electron chi connectivity index (χ0n) is 10.3. The third-order valence-electron chi connectivity index (χ3n) is 3.21. The van der Waals surface area contributed by atoms with Gasteiger partial charge in [0.25, 0.3) is 0 Å². The van der Waals surface area contributed by atoms with Crippen LogP contribution >= 0.6 is 0 Å². The van der Waals surface area contributed by atoms with Crippen molar-refractivity contribution in [2.24, 2.45) is 0 Å². The predicted octanol–water partition coefficient (Wildman–Crippen LogP) is 3.73. The van der Waals surface area contributed by atoms with Gasteiger partial charge < -0.3 is 4.90 Å². The molecule has 1 unspecified atom stereocenters. The topological polar surface area (TPSA) is 27.0 Å². The molecule has 1 aliphatic heterocycles. The highest BCUT2D eigenvalue weighted by Gasteiger charge is 2.21.